The second-order valence-electron chi connectivity index (χ2n) is 8.96. The third kappa shape index (κ3) is 4.68. The van der Waals surface area contributed by atoms with Crippen LogP contribution in [0.2, 0.25) is 0 Å². The summed E-state index contributed by atoms with van der Waals surface area (Å²) in [4.78, 5) is 37.2. The highest BCUT2D eigenvalue weighted by atomic mass is 32.2. The number of carboxylic acid groups (broad SMARTS) is 1. The van der Waals surface area contributed by atoms with Gasteiger partial charge in [0.1, 0.15) is 5.03 Å². The number of carbonyl (C=O) groups is 1. The Balaban J connectivity index is 1.90. The Hall–Kier alpha value is -3.26. The minimum absolute atomic E-state index is 0.0789. The van der Waals surface area contributed by atoms with E-state index in [0.717, 1.165) is 21.4 Å². The van der Waals surface area contributed by atoms with Crippen molar-refractivity contribution < 1.29 is 9.90 Å². The van der Waals surface area contributed by atoms with Crippen LogP contribution in [0.15, 0.2) is 63.3 Å². The molecule has 0 bridgehead atoms. The fraction of sp³-hybridized carbons (Fsp3) is 0.346. The fourth-order valence-corrected chi connectivity index (χ4v) is 5.42. The Bertz CT molecular complexity index is 1470. The third-order valence-electron chi connectivity index (χ3n) is 5.87. The highest BCUT2D eigenvalue weighted by molar-refractivity contribution is 7.99. The Kier molecular flexibility index (Phi) is 6.97. The molecule has 0 unspecified atom stereocenters. The summed E-state index contributed by atoms with van der Waals surface area (Å²) < 4.78 is 4.90. The zero-order valence-corrected chi connectivity index (χ0v) is 20.5. The summed E-state index contributed by atoms with van der Waals surface area (Å²) in [6, 6.07) is 14.3. The summed E-state index contributed by atoms with van der Waals surface area (Å²) in [6.07, 6.45) is 2.42. The first-order chi connectivity index (χ1) is 16.3. The zero-order chi connectivity index (χ0) is 24.4. The second kappa shape index (κ2) is 9.93. The van der Waals surface area contributed by atoms with E-state index in [1.807, 2.05) is 42.8 Å². The Morgan fingerprint density at radius 2 is 1.79 bits per heavy atom. The average molecular weight is 480 g/mol. The number of fused-ring (bicyclic) bond motifs is 2. The van der Waals surface area contributed by atoms with Crippen molar-refractivity contribution in [2.75, 3.05) is 5.75 Å². The van der Waals surface area contributed by atoms with Gasteiger partial charge in [-0.05, 0) is 28.7 Å². The van der Waals surface area contributed by atoms with Gasteiger partial charge >= 0.3 is 11.7 Å². The molecule has 7 nitrogen and oxygen atoms in total. The van der Waals surface area contributed by atoms with E-state index >= 15 is 0 Å². The van der Waals surface area contributed by atoms with Crippen LogP contribution in [0.4, 0.5) is 0 Å². The van der Waals surface area contributed by atoms with Gasteiger partial charge in [-0.3, -0.25) is 18.7 Å². The van der Waals surface area contributed by atoms with Gasteiger partial charge in [-0.15, -0.1) is 11.8 Å². The summed E-state index contributed by atoms with van der Waals surface area (Å²) in [5, 5.41) is 12.6. The van der Waals surface area contributed by atoms with Crippen LogP contribution in [0.1, 0.15) is 32.3 Å². The van der Waals surface area contributed by atoms with Crippen molar-refractivity contribution in [1.82, 2.24) is 13.7 Å². The largest absolute Gasteiger partial charge is 0.481 e. The molecule has 0 atom stereocenters. The minimum Gasteiger partial charge on any atom is -0.481 e. The molecule has 8 heteroatoms. The minimum atomic E-state index is -0.831. The van der Waals surface area contributed by atoms with Gasteiger partial charge in [-0.25, -0.2) is 4.79 Å². The van der Waals surface area contributed by atoms with Crippen molar-refractivity contribution in [2.24, 2.45) is 13.0 Å². The van der Waals surface area contributed by atoms with Crippen molar-refractivity contribution in [2.45, 2.75) is 44.8 Å². The van der Waals surface area contributed by atoms with Gasteiger partial charge in [-0.1, -0.05) is 56.3 Å². The maximum absolute atomic E-state index is 13.1. The summed E-state index contributed by atoms with van der Waals surface area (Å²) in [5.41, 5.74) is 1.10. The molecular weight excluding hydrogens is 450 g/mol. The molecule has 4 rings (SSSR count). The molecule has 0 radical (unpaired) electrons. The van der Waals surface area contributed by atoms with Gasteiger partial charge in [0.05, 0.1) is 10.9 Å². The van der Waals surface area contributed by atoms with Gasteiger partial charge in [0.2, 0.25) is 0 Å². The number of benzene rings is 2. The van der Waals surface area contributed by atoms with Gasteiger partial charge in [0.15, 0.2) is 0 Å². The van der Waals surface area contributed by atoms with Gasteiger partial charge in [0, 0.05) is 38.5 Å². The number of hydrogen-bond acceptors (Lipinski definition) is 4. The number of rotatable bonds is 9. The van der Waals surface area contributed by atoms with Crippen molar-refractivity contribution >= 4 is 39.4 Å². The lowest BCUT2D eigenvalue weighted by atomic mass is 10.0. The van der Waals surface area contributed by atoms with E-state index in [1.54, 1.807) is 4.57 Å². The predicted octanol–water partition coefficient (Wildman–Crippen LogP) is 4.32. The molecule has 2 heterocycles. The van der Waals surface area contributed by atoms with Crippen molar-refractivity contribution in [3.63, 3.8) is 0 Å². The van der Waals surface area contributed by atoms with E-state index in [1.165, 1.54) is 23.4 Å². The monoisotopic (exact) mass is 479 g/mol. The Labute approximate surface area is 201 Å². The van der Waals surface area contributed by atoms with E-state index in [0.29, 0.717) is 36.2 Å². The number of aromatic nitrogens is 3. The molecule has 0 spiro atoms. The summed E-state index contributed by atoms with van der Waals surface area (Å²) in [6.45, 7) is 5.10. The molecule has 0 saturated carbocycles. The van der Waals surface area contributed by atoms with E-state index in [-0.39, 0.29) is 23.6 Å². The normalized spacial score (nSPS) is 11.6. The molecule has 4 aromatic rings. The molecule has 1 N–H and O–H groups in total. The molecule has 178 valence electrons. The number of nitrogens with zero attached hydrogens (tertiary/aromatic N) is 3. The highest BCUT2D eigenvalue weighted by Crippen LogP contribution is 2.31. The molecule has 0 aliphatic rings. The van der Waals surface area contributed by atoms with Gasteiger partial charge in [-0.2, -0.15) is 0 Å². The zero-order valence-electron chi connectivity index (χ0n) is 19.7. The van der Waals surface area contributed by atoms with Crippen LogP contribution in [0.3, 0.4) is 0 Å². The first-order valence-corrected chi connectivity index (χ1v) is 12.4. The molecule has 2 aromatic carbocycles. The second-order valence-corrected chi connectivity index (χ2v) is 10.0. The van der Waals surface area contributed by atoms with Crippen LogP contribution in [0.5, 0.6) is 0 Å². The van der Waals surface area contributed by atoms with Crippen molar-refractivity contribution in [1.29, 1.82) is 0 Å². The maximum Gasteiger partial charge on any atom is 0.331 e. The molecule has 0 fully saturated rings. The molecule has 2 aromatic heterocycles. The van der Waals surface area contributed by atoms with Crippen LogP contribution in [-0.4, -0.2) is 30.5 Å². The standard InChI is InChI=1S/C26H29N3O4S/c1-17(2)14-29-23-21(24(32)27(3)26(29)33)16-28(25(23)34-13-7-12-22(30)31)15-19-10-6-9-18-8-4-5-11-20(18)19/h4-6,8-11,16-17H,7,12-15H2,1-3H3,(H,30,31). The van der Waals surface area contributed by atoms with E-state index < -0.39 is 5.97 Å². The molecule has 0 aliphatic carbocycles. The van der Waals surface area contributed by atoms with Crippen LogP contribution in [0, 0.1) is 5.92 Å². The Morgan fingerprint density at radius 1 is 1.06 bits per heavy atom. The third-order valence-corrected chi connectivity index (χ3v) is 7.06. The lowest BCUT2D eigenvalue weighted by Gasteiger charge is -2.15. The summed E-state index contributed by atoms with van der Waals surface area (Å²) in [5.74, 6) is -0.0432. The van der Waals surface area contributed by atoms with Gasteiger partial charge in [0.25, 0.3) is 5.56 Å². The van der Waals surface area contributed by atoms with E-state index in [9.17, 15) is 14.4 Å². The topological polar surface area (TPSA) is 86.2 Å². The van der Waals surface area contributed by atoms with Crippen LogP contribution in [-0.2, 0) is 24.9 Å². The van der Waals surface area contributed by atoms with Crippen LogP contribution in [0.25, 0.3) is 21.7 Å². The maximum atomic E-state index is 13.1. The SMILES string of the molecule is CC(C)Cn1c(=O)n(C)c(=O)c2cn(Cc3cccc4ccccc34)c(SCCCC(=O)O)c21. The number of carboxylic acids is 1. The van der Waals surface area contributed by atoms with Crippen LogP contribution < -0.4 is 11.2 Å². The van der Waals surface area contributed by atoms with Crippen molar-refractivity contribution in [3.05, 3.63) is 75.1 Å². The highest BCUT2D eigenvalue weighted by Gasteiger charge is 2.21. The number of thioether (sulfide) groups is 1. The van der Waals surface area contributed by atoms with Crippen molar-refractivity contribution in [3.8, 4) is 0 Å². The molecule has 0 saturated heterocycles. The fourth-order valence-electron chi connectivity index (χ4n) is 4.30. The van der Waals surface area contributed by atoms with Crippen LogP contribution >= 0.6 is 11.8 Å². The van der Waals surface area contributed by atoms with E-state index in [4.69, 9.17) is 5.11 Å². The first kappa shape index (κ1) is 23.9. The summed E-state index contributed by atoms with van der Waals surface area (Å²) in [7, 11) is 1.52. The lowest BCUT2D eigenvalue weighted by Crippen LogP contribution is -2.38. The smallest absolute Gasteiger partial charge is 0.331 e. The quantitative estimate of drug-likeness (QED) is 0.285. The summed E-state index contributed by atoms with van der Waals surface area (Å²) >= 11 is 1.51. The first-order valence-electron chi connectivity index (χ1n) is 11.4. The molecular formula is C26H29N3O4S. The average Bonchev–Trinajstić information content (AvgIpc) is 3.16. The molecule has 0 aliphatic heterocycles. The molecule has 34 heavy (non-hydrogen) atoms. The van der Waals surface area contributed by atoms with E-state index in [2.05, 4.69) is 24.3 Å². The predicted molar refractivity (Wildman–Crippen MR) is 137 cm³/mol. The number of hydrogen-bond donors (Lipinski definition) is 1. The van der Waals surface area contributed by atoms with Gasteiger partial charge < -0.3 is 9.67 Å². The lowest BCUT2D eigenvalue weighted by molar-refractivity contribution is -0.137. The number of aliphatic carboxylic acids is 1. The Morgan fingerprint density at radius 3 is 2.53 bits per heavy atom. The molecule has 0 amide bonds.